The molecule has 9 nitrogen and oxygen atoms in total. The molecule has 1 aromatic carbocycles. The molecule has 2 heterocycles. The van der Waals surface area contributed by atoms with Crippen molar-refractivity contribution in [2.75, 3.05) is 13.7 Å². The largest absolute Gasteiger partial charge is 0.494 e. The third-order valence-corrected chi connectivity index (χ3v) is 4.49. The average molecular weight is 385 g/mol. The van der Waals surface area contributed by atoms with Crippen LogP contribution in [0.2, 0.25) is 0 Å². The molecule has 3 rings (SSSR count). The number of nitrogens with one attached hydrogen (secondary N) is 2. The number of nitrogens with zero attached hydrogens (tertiary/aromatic N) is 3. The highest BCUT2D eigenvalue weighted by Gasteiger charge is 2.15. The Kier molecular flexibility index (Phi) is 5.62. The van der Waals surface area contributed by atoms with Crippen LogP contribution in [0.4, 0.5) is 0 Å². The molecule has 2 aromatic heterocycles. The molecule has 148 valence electrons. The Bertz CT molecular complexity index is 1110. The Balaban J connectivity index is 1.68. The Morgan fingerprint density at radius 3 is 2.75 bits per heavy atom. The zero-order valence-corrected chi connectivity index (χ0v) is 16.1. The van der Waals surface area contributed by atoms with Gasteiger partial charge in [0.15, 0.2) is 5.65 Å². The van der Waals surface area contributed by atoms with Crippen LogP contribution >= 0.6 is 0 Å². The van der Waals surface area contributed by atoms with Crippen LogP contribution in [0.3, 0.4) is 0 Å². The molecule has 1 amide bonds. The molecule has 0 saturated heterocycles. The molecule has 0 radical (unpaired) electrons. The molecule has 0 aliphatic rings. The summed E-state index contributed by atoms with van der Waals surface area (Å²) in [6.45, 7) is 2.91. The minimum absolute atomic E-state index is 0.0606. The SMILES string of the molecule is CCOc1ccccc1CN(C)C(=O)CCc1nc2c([nH]1)c(=O)[nH]c(=O)n2C. The lowest BCUT2D eigenvalue weighted by atomic mass is 10.2. The second-order valence-corrected chi connectivity index (χ2v) is 6.49. The standard InChI is InChI=1S/C19H23N5O4/c1-4-28-13-8-6-5-7-12(13)11-23(2)15(25)10-9-14-20-16-17(21-14)24(3)19(27)22-18(16)26/h5-8H,4,9-11H2,1-3H3,(H,20,21)(H,22,26,27). The predicted molar refractivity (Wildman–Crippen MR) is 104 cm³/mol. The Labute approximate surface area is 161 Å². The first-order chi connectivity index (χ1) is 13.4. The van der Waals surface area contributed by atoms with E-state index in [1.165, 1.54) is 11.6 Å². The first kappa shape index (κ1) is 19.4. The number of aromatic amines is 2. The number of hydrogen-bond acceptors (Lipinski definition) is 5. The zero-order chi connectivity index (χ0) is 20.3. The van der Waals surface area contributed by atoms with Crippen molar-refractivity contribution in [3.8, 4) is 5.75 Å². The first-order valence-electron chi connectivity index (χ1n) is 9.03. The third-order valence-electron chi connectivity index (χ3n) is 4.49. The maximum absolute atomic E-state index is 12.5. The molecule has 2 N–H and O–H groups in total. The minimum atomic E-state index is -0.528. The van der Waals surface area contributed by atoms with E-state index in [1.807, 2.05) is 31.2 Å². The van der Waals surface area contributed by atoms with Gasteiger partial charge in [-0.2, -0.15) is 0 Å². The van der Waals surface area contributed by atoms with Crippen molar-refractivity contribution >= 4 is 17.1 Å². The second-order valence-electron chi connectivity index (χ2n) is 6.49. The van der Waals surface area contributed by atoms with Crippen LogP contribution < -0.4 is 16.0 Å². The van der Waals surface area contributed by atoms with Crippen LogP contribution in [0.5, 0.6) is 5.75 Å². The predicted octanol–water partition coefficient (Wildman–Crippen LogP) is 0.940. The summed E-state index contributed by atoms with van der Waals surface area (Å²) < 4.78 is 6.86. The number of H-pyrrole nitrogens is 2. The maximum Gasteiger partial charge on any atom is 0.329 e. The highest BCUT2D eigenvalue weighted by Crippen LogP contribution is 2.19. The summed E-state index contributed by atoms with van der Waals surface area (Å²) in [6, 6.07) is 7.62. The normalized spacial score (nSPS) is 11.0. The van der Waals surface area contributed by atoms with E-state index in [0.29, 0.717) is 25.4 Å². The number of fused-ring (bicyclic) bond motifs is 1. The van der Waals surface area contributed by atoms with Gasteiger partial charge in [0, 0.05) is 39.0 Å². The molecule has 28 heavy (non-hydrogen) atoms. The van der Waals surface area contributed by atoms with E-state index in [-0.39, 0.29) is 23.5 Å². The van der Waals surface area contributed by atoms with Crippen LogP contribution in [0.25, 0.3) is 11.2 Å². The maximum atomic E-state index is 12.5. The van der Waals surface area contributed by atoms with Crippen LogP contribution in [0.15, 0.2) is 33.9 Å². The molecule has 0 fully saturated rings. The lowest BCUT2D eigenvalue weighted by Gasteiger charge is -2.19. The second kappa shape index (κ2) is 8.12. The van der Waals surface area contributed by atoms with Gasteiger partial charge in [0.25, 0.3) is 5.56 Å². The quantitative estimate of drug-likeness (QED) is 0.628. The molecular weight excluding hydrogens is 362 g/mol. The fourth-order valence-electron chi connectivity index (χ4n) is 2.96. The fourth-order valence-corrected chi connectivity index (χ4v) is 2.96. The summed E-state index contributed by atoms with van der Waals surface area (Å²) in [5, 5.41) is 0. The number of aromatic nitrogens is 4. The van der Waals surface area contributed by atoms with E-state index in [2.05, 4.69) is 15.0 Å². The molecule has 0 unspecified atom stereocenters. The number of aryl methyl sites for hydroxylation is 2. The summed E-state index contributed by atoms with van der Waals surface area (Å²) in [6.07, 6.45) is 0.553. The lowest BCUT2D eigenvalue weighted by molar-refractivity contribution is -0.130. The fraction of sp³-hybridized carbons (Fsp3) is 0.368. The topological polar surface area (TPSA) is 113 Å². The molecule has 0 atom stereocenters. The smallest absolute Gasteiger partial charge is 0.329 e. The first-order valence-corrected chi connectivity index (χ1v) is 9.03. The van der Waals surface area contributed by atoms with Crippen molar-refractivity contribution in [3.05, 3.63) is 56.5 Å². The van der Waals surface area contributed by atoms with Crippen molar-refractivity contribution in [3.63, 3.8) is 0 Å². The Hall–Kier alpha value is -3.36. The van der Waals surface area contributed by atoms with Gasteiger partial charge in [-0.15, -0.1) is 0 Å². The number of hydrogen-bond donors (Lipinski definition) is 2. The van der Waals surface area contributed by atoms with Gasteiger partial charge in [0.05, 0.1) is 6.61 Å². The molecule has 0 saturated carbocycles. The van der Waals surface area contributed by atoms with Gasteiger partial charge in [-0.1, -0.05) is 18.2 Å². The van der Waals surface area contributed by atoms with E-state index < -0.39 is 11.2 Å². The molecule has 0 spiro atoms. The van der Waals surface area contributed by atoms with E-state index in [9.17, 15) is 14.4 Å². The summed E-state index contributed by atoms with van der Waals surface area (Å²) >= 11 is 0. The van der Waals surface area contributed by atoms with Crippen molar-refractivity contribution in [1.29, 1.82) is 0 Å². The van der Waals surface area contributed by atoms with E-state index in [1.54, 1.807) is 11.9 Å². The highest BCUT2D eigenvalue weighted by molar-refractivity contribution is 5.76. The van der Waals surface area contributed by atoms with Gasteiger partial charge in [-0.05, 0) is 13.0 Å². The van der Waals surface area contributed by atoms with Crippen LogP contribution in [0, 0.1) is 0 Å². The number of carbonyl (C=O) groups is 1. The van der Waals surface area contributed by atoms with Crippen molar-refractivity contribution in [1.82, 2.24) is 24.4 Å². The molecule has 0 aliphatic carbocycles. The summed E-state index contributed by atoms with van der Waals surface area (Å²) in [5.74, 6) is 1.19. The zero-order valence-electron chi connectivity index (χ0n) is 16.1. The third kappa shape index (κ3) is 3.98. The van der Waals surface area contributed by atoms with E-state index in [4.69, 9.17) is 4.74 Å². The van der Waals surface area contributed by atoms with Gasteiger partial charge in [-0.3, -0.25) is 19.1 Å². The van der Waals surface area contributed by atoms with Crippen molar-refractivity contribution in [2.24, 2.45) is 7.05 Å². The number of amides is 1. The molecular formula is C19H23N5O4. The van der Waals surface area contributed by atoms with Gasteiger partial charge in [0.2, 0.25) is 5.91 Å². The van der Waals surface area contributed by atoms with E-state index >= 15 is 0 Å². The minimum Gasteiger partial charge on any atom is -0.494 e. The molecule has 3 aromatic rings. The Morgan fingerprint density at radius 1 is 1.25 bits per heavy atom. The number of carbonyl (C=O) groups excluding carboxylic acids is 1. The number of ether oxygens (including phenoxy) is 1. The molecule has 0 aliphatic heterocycles. The number of rotatable bonds is 7. The highest BCUT2D eigenvalue weighted by atomic mass is 16.5. The Morgan fingerprint density at radius 2 is 2.00 bits per heavy atom. The number of para-hydroxylation sites is 1. The van der Waals surface area contributed by atoms with Crippen molar-refractivity contribution < 1.29 is 9.53 Å². The van der Waals surface area contributed by atoms with E-state index in [0.717, 1.165) is 11.3 Å². The average Bonchev–Trinajstić information content (AvgIpc) is 3.11. The van der Waals surface area contributed by atoms with Crippen LogP contribution in [-0.4, -0.2) is 44.0 Å². The van der Waals surface area contributed by atoms with Gasteiger partial charge >= 0.3 is 5.69 Å². The van der Waals surface area contributed by atoms with Crippen LogP contribution in [-0.2, 0) is 24.8 Å². The summed E-state index contributed by atoms with van der Waals surface area (Å²) in [7, 11) is 3.26. The van der Waals surface area contributed by atoms with Gasteiger partial charge in [-0.25, -0.2) is 9.78 Å². The van der Waals surface area contributed by atoms with Gasteiger partial charge in [0.1, 0.15) is 17.1 Å². The summed E-state index contributed by atoms with van der Waals surface area (Å²) in [5.41, 5.74) is 0.386. The van der Waals surface area contributed by atoms with Crippen LogP contribution in [0.1, 0.15) is 24.7 Å². The summed E-state index contributed by atoms with van der Waals surface area (Å²) in [4.78, 5) is 47.1. The van der Waals surface area contributed by atoms with Gasteiger partial charge < -0.3 is 14.6 Å². The van der Waals surface area contributed by atoms with Crippen molar-refractivity contribution in [2.45, 2.75) is 26.3 Å². The number of imidazole rings is 1. The molecule has 9 heteroatoms. The number of benzene rings is 1. The monoisotopic (exact) mass is 385 g/mol. The molecule has 0 bridgehead atoms. The lowest BCUT2D eigenvalue weighted by Crippen LogP contribution is -2.28.